The van der Waals surface area contributed by atoms with E-state index < -0.39 is 0 Å². The average Bonchev–Trinajstić information content (AvgIpc) is 3.26. The van der Waals surface area contributed by atoms with Gasteiger partial charge >= 0.3 is 5.97 Å². The predicted molar refractivity (Wildman–Crippen MR) is 125 cm³/mol. The Balaban J connectivity index is 0.00000280. The summed E-state index contributed by atoms with van der Waals surface area (Å²) in [6, 6.07) is 0. The second-order valence-electron chi connectivity index (χ2n) is 7.54. The molecule has 1 fully saturated rings. The van der Waals surface area contributed by atoms with Crippen molar-refractivity contribution in [2.45, 2.75) is 52.4 Å². The van der Waals surface area contributed by atoms with Crippen molar-refractivity contribution in [3.05, 3.63) is 15.6 Å². The Bertz CT molecular complexity index is 656. The molecular weight excluding hydrogens is 487 g/mol. The van der Waals surface area contributed by atoms with Crippen LogP contribution in [-0.4, -0.2) is 55.1 Å². The van der Waals surface area contributed by atoms with E-state index in [1.807, 2.05) is 11.3 Å². The quantitative estimate of drug-likeness (QED) is 0.205. The van der Waals surface area contributed by atoms with Gasteiger partial charge in [0.15, 0.2) is 5.96 Å². The highest BCUT2D eigenvalue weighted by Gasteiger charge is 2.36. The van der Waals surface area contributed by atoms with Crippen LogP contribution < -0.4 is 5.32 Å². The van der Waals surface area contributed by atoms with Crippen LogP contribution in [0.3, 0.4) is 0 Å². The highest BCUT2D eigenvalue weighted by Crippen LogP contribution is 2.27. The second-order valence-corrected chi connectivity index (χ2v) is 8.70. The molecule has 3 rings (SSSR count). The van der Waals surface area contributed by atoms with Crippen LogP contribution >= 0.6 is 35.3 Å². The smallest absolute Gasteiger partial charge is 0.310 e. The molecule has 28 heavy (non-hydrogen) atoms. The zero-order chi connectivity index (χ0) is 19.2. The van der Waals surface area contributed by atoms with E-state index in [-0.39, 0.29) is 41.8 Å². The van der Waals surface area contributed by atoms with Crippen LogP contribution in [0.25, 0.3) is 0 Å². The molecule has 2 atom stereocenters. The highest BCUT2D eigenvalue weighted by atomic mass is 127. The number of esters is 1. The number of nitrogens with one attached hydrogen (secondary N) is 1. The molecule has 6 nitrogen and oxygen atoms in total. The van der Waals surface area contributed by atoms with E-state index in [0.29, 0.717) is 6.54 Å². The number of aryl methyl sites for hydroxylation is 3. The van der Waals surface area contributed by atoms with Gasteiger partial charge in [-0.2, -0.15) is 0 Å². The molecule has 1 aromatic heterocycles. The van der Waals surface area contributed by atoms with Crippen LogP contribution in [0.5, 0.6) is 0 Å². The second kappa shape index (κ2) is 11.3. The number of hydrogen-bond donors (Lipinski definition) is 1. The first-order valence-electron chi connectivity index (χ1n) is 10.2. The van der Waals surface area contributed by atoms with Crippen molar-refractivity contribution >= 4 is 47.2 Å². The Labute approximate surface area is 189 Å². The summed E-state index contributed by atoms with van der Waals surface area (Å²) < 4.78 is 4.94. The van der Waals surface area contributed by atoms with E-state index in [1.165, 1.54) is 42.0 Å². The lowest BCUT2D eigenvalue weighted by Crippen LogP contribution is -2.40. The molecule has 0 bridgehead atoms. The van der Waals surface area contributed by atoms with Crippen LogP contribution in [0.4, 0.5) is 0 Å². The number of methoxy groups -OCH3 is 1. The fourth-order valence-corrected chi connectivity index (χ4v) is 5.15. The minimum Gasteiger partial charge on any atom is -0.469 e. The van der Waals surface area contributed by atoms with Gasteiger partial charge in [-0.25, -0.2) is 4.98 Å². The number of hydrogen-bond acceptors (Lipinski definition) is 5. The fourth-order valence-electron chi connectivity index (χ4n) is 3.95. The number of ether oxygens (including phenoxy) is 1. The Morgan fingerprint density at radius 1 is 1.36 bits per heavy atom. The van der Waals surface area contributed by atoms with Gasteiger partial charge in [0.1, 0.15) is 0 Å². The molecule has 8 heteroatoms. The minimum absolute atomic E-state index is 0. The third-order valence-electron chi connectivity index (χ3n) is 5.45. The summed E-state index contributed by atoms with van der Waals surface area (Å²) >= 11 is 1.90. The zero-order valence-electron chi connectivity index (χ0n) is 17.2. The zero-order valence-corrected chi connectivity index (χ0v) is 20.3. The largest absolute Gasteiger partial charge is 0.469 e. The van der Waals surface area contributed by atoms with Crippen LogP contribution in [0, 0.1) is 11.8 Å². The minimum atomic E-state index is -0.117. The fraction of sp³-hybridized carbons (Fsp3) is 0.750. The molecule has 158 valence electrons. The SMILES string of the molecule is CCNC(=NCCCc1nc2c(s1)CCCC2)N1CC(C)C(C(=O)OC)C1.I. The standard InChI is InChI=1S/C20H32N4O2S.HI/c1-4-21-20(24-12-14(2)15(13-24)19(25)26-3)22-11-7-10-18-23-16-8-5-6-9-17(16)27-18;/h14-15H,4-13H2,1-3H3,(H,21,22);1H. The number of likely N-dealkylation sites (tertiary alicyclic amines) is 1. The first-order valence-corrected chi connectivity index (χ1v) is 11.0. The number of carbonyl (C=O) groups is 1. The third kappa shape index (κ3) is 5.81. The van der Waals surface area contributed by atoms with Gasteiger partial charge < -0.3 is 15.0 Å². The van der Waals surface area contributed by atoms with Crippen LogP contribution in [0.1, 0.15) is 48.7 Å². The van der Waals surface area contributed by atoms with Gasteiger partial charge in [0, 0.05) is 37.5 Å². The number of guanidine groups is 1. The molecule has 0 amide bonds. The highest BCUT2D eigenvalue weighted by molar-refractivity contribution is 14.0. The van der Waals surface area contributed by atoms with E-state index >= 15 is 0 Å². The number of halogens is 1. The lowest BCUT2D eigenvalue weighted by molar-refractivity contribution is -0.145. The van der Waals surface area contributed by atoms with Crippen molar-refractivity contribution in [3.8, 4) is 0 Å². The van der Waals surface area contributed by atoms with Gasteiger partial charge in [-0.05, 0) is 44.9 Å². The molecule has 0 radical (unpaired) electrons. The molecule has 0 aromatic carbocycles. The molecule has 1 aliphatic carbocycles. The number of nitrogens with zero attached hydrogens (tertiary/aromatic N) is 3. The first-order chi connectivity index (χ1) is 13.1. The number of carbonyl (C=O) groups excluding carboxylic acids is 1. The number of thiazole rings is 1. The molecule has 1 aromatic rings. The molecule has 1 saturated heterocycles. The van der Waals surface area contributed by atoms with Gasteiger partial charge in [-0.3, -0.25) is 9.79 Å². The van der Waals surface area contributed by atoms with Gasteiger partial charge in [0.25, 0.3) is 0 Å². The number of fused-ring (bicyclic) bond motifs is 1. The molecule has 2 unspecified atom stereocenters. The monoisotopic (exact) mass is 520 g/mol. The molecule has 2 heterocycles. The number of aromatic nitrogens is 1. The summed E-state index contributed by atoms with van der Waals surface area (Å²) in [7, 11) is 1.47. The van der Waals surface area contributed by atoms with Gasteiger partial charge in [0.05, 0.1) is 23.7 Å². The van der Waals surface area contributed by atoms with Crippen LogP contribution in [0.15, 0.2) is 4.99 Å². The van der Waals surface area contributed by atoms with Crippen molar-refractivity contribution in [1.29, 1.82) is 0 Å². The molecule has 1 N–H and O–H groups in total. The summed E-state index contributed by atoms with van der Waals surface area (Å²) in [5.74, 6) is 1.01. The van der Waals surface area contributed by atoms with E-state index in [1.54, 1.807) is 0 Å². The lowest BCUT2D eigenvalue weighted by atomic mass is 9.99. The maximum Gasteiger partial charge on any atom is 0.310 e. The Morgan fingerprint density at radius 2 is 2.14 bits per heavy atom. The van der Waals surface area contributed by atoms with E-state index in [0.717, 1.165) is 44.9 Å². The van der Waals surface area contributed by atoms with Crippen LogP contribution in [-0.2, 0) is 28.8 Å². The topological polar surface area (TPSA) is 66.8 Å². The van der Waals surface area contributed by atoms with Crippen molar-refractivity contribution in [1.82, 2.24) is 15.2 Å². The molecule has 0 spiro atoms. The summed E-state index contributed by atoms with van der Waals surface area (Å²) in [4.78, 5) is 25.3. The summed E-state index contributed by atoms with van der Waals surface area (Å²) in [6.07, 6.45) is 6.97. The predicted octanol–water partition coefficient (Wildman–Crippen LogP) is 3.28. The molecule has 2 aliphatic rings. The number of rotatable bonds is 6. The van der Waals surface area contributed by atoms with Crippen molar-refractivity contribution in [3.63, 3.8) is 0 Å². The third-order valence-corrected chi connectivity index (χ3v) is 6.67. The van der Waals surface area contributed by atoms with Crippen molar-refractivity contribution < 1.29 is 9.53 Å². The normalized spacial score (nSPS) is 21.8. The lowest BCUT2D eigenvalue weighted by Gasteiger charge is -2.21. The van der Waals surface area contributed by atoms with Gasteiger partial charge in [-0.15, -0.1) is 35.3 Å². The van der Waals surface area contributed by atoms with Crippen molar-refractivity contribution in [2.24, 2.45) is 16.8 Å². The molecular formula is C20H33IN4O2S. The average molecular weight is 520 g/mol. The maximum atomic E-state index is 11.9. The summed E-state index contributed by atoms with van der Waals surface area (Å²) in [5.41, 5.74) is 1.35. The first kappa shape index (κ1) is 23.4. The number of aliphatic imine (C=N–C) groups is 1. The van der Waals surface area contributed by atoms with E-state index in [4.69, 9.17) is 14.7 Å². The van der Waals surface area contributed by atoms with Gasteiger partial charge in [0.2, 0.25) is 0 Å². The summed E-state index contributed by atoms with van der Waals surface area (Å²) in [5, 5.41) is 4.64. The Morgan fingerprint density at radius 3 is 2.86 bits per heavy atom. The molecule has 0 saturated carbocycles. The Hall–Kier alpha value is -0.900. The van der Waals surface area contributed by atoms with Crippen LogP contribution in [0.2, 0.25) is 0 Å². The van der Waals surface area contributed by atoms with E-state index in [9.17, 15) is 4.79 Å². The van der Waals surface area contributed by atoms with Gasteiger partial charge in [-0.1, -0.05) is 6.92 Å². The van der Waals surface area contributed by atoms with Crippen molar-refractivity contribution in [2.75, 3.05) is 33.3 Å². The molecule has 1 aliphatic heterocycles. The Kier molecular flexibility index (Phi) is 9.46. The maximum absolute atomic E-state index is 11.9. The summed E-state index contributed by atoms with van der Waals surface area (Å²) in [6.45, 7) is 7.30. The van der Waals surface area contributed by atoms with E-state index in [2.05, 4.69) is 24.1 Å².